The summed E-state index contributed by atoms with van der Waals surface area (Å²) in [6, 6.07) is 1.98. The third-order valence-electron chi connectivity index (χ3n) is 2.00. The van der Waals surface area contributed by atoms with E-state index in [-0.39, 0.29) is 5.78 Å². The van der Waals surface area contributed by atoms with E-state index in [0.717, 1.165) is 12.0 Å². The van der Waals surface area contributed by atoms with Crippen LogP contribution in [0, 0.1) is 12.8 Å². The van der Waals surface area contributed by atoms with E-state index in [0.29, 0.717) is 12.3 Å². The van der Waals surface area contributed by atoms with Gasteiger partial charge in [0.1, 0.15) is 0 Å². The van der Waals surface area contributed by atoms with E-state index >= 15 is 0 Å². The number of hydrogen-bond donors (Lipinski definition) is 0. The lowest BCUT2D eigenvalue weighted by molar-refractivity contribution is 0.0976. The second-order valence-electron chi connectivity index (χ2n) is 3.80. The van der Waals surface area contributed by atoms with E-state index < -0.39 is 0 Å². The monoisotopic (exact) mass is 196 g/mol. The number of hydrogen-bond acceptors (Lipinski definition) is 2. The van der Waals surface area contributed by atoms with Gasteiger partial charge in [-0.15, -0.1) is 11.3 Å². The highest BCUT2D eigenvalue weighted by Gasteiger charge is 2.07. The summed E-state index contributed by atoms with van der Waals surface area (Å²) in [5.74, 6) is 0.904. The number of carbonyl (C=O) groups excluding carboxylic acids is 1. The lowest BCUT2D eigenvalue weighted by Crippen LogP contribution is -1.99. The van der Waals surface area contributed by atoms with Gasteiger partial charge < -0.3 is 0 Å². The van der Waals surface area contributed by atoms with Crippen LogP contribution in [-0.2, 0) is 0 Å². The molecule has 1 rings (SSSR count). The Hall–Kier alpha value is -0.630. The molecular formula is C11H16OS. The summed E-state index contributed by atoms with van der Waals surface area (Å²) in [6.45, 7) is 6.32. The number of rotatable bonds is 4. The maximum Gasteiger partial charge on any atom is 0.163 e. The van der Waals surface area contributed by atoms with Crippen molar-refractivity contribution in [3.8, 4) is 0 Å². The summed E-state index contributed by atoms with van der Waals surface area (Å²) < 4.78 is 0. The van der Waals surface area contributed by atoms with Crippen molar-refractivity contribution in [1.82, 2.24) is 0 Å². The van der Waals surface area contributed by atoms with E-state index in [9.17, 15) is 4.79 Å². The van der Waals surface area contributed by atoms with Crippen LogP contribution in [0.5, 0.6) is 0 Å². The lowest BCUT2D eigenvalue weighted by atomic mass is 10.0. The standard InChI is InChI=1S/C11H16OS/c1-8(2)4-5-11(12)10-6-9(3)13-7-10/h6-8H,4-5H2,1-3H3. The van der Waals surface area contributed by atoms with Crippen molar-refractivity contribution < 1.29 is 4.79 Å². The van der Waals surface area contributed by atoms with E-state index in [1.807, 2.05) is 18.4 Å². The van der Waals surface area contributed by atoms with Crippen molar-refractivity contribution in [3.05, 3.63) is 21.9 Å². The molecule has 0 N–H and O–H groups in total. The zero-order chi connectivity index (χ0) is 9.84. The number of thiophene rings is 1. The minimum atomic E-state index is 0.290. The van der Waals surface area contributed by atoms with Crippen LogP contribution in [0.25, 0.3) is 0 Å². The molecule has 0 unspecified atom stereocenters. The Morgan fingerprint density at radius 2 is 2.23 bits per heavy atom. The maximum absolute atomic E-state index is 11.6. The zero-order valence-electron chi connectivity index (χ0n) is 8.46. The highest BCUT2D eigenvalue weighted by molar-refractivity contribution is 7.10. The second-order valence-corrected chi connectivity index (χ2v) is 4.92. The molecule has 0 saturated carbocycles. The predicted molar refractivity (Wildman–Crippen MR) is 57.5 cm³/mol. The molecule has 0 aliphatic rings. The highest BCUT2D eigenvalue weighted by atomic mass is 32.1. The van der Waals surface area contributed by atoms with Crippen molar-refractivity contribution in [2.24, 2.45) is 5.92 Å². The normalized spacial score (nSPS) is 10.8. The van der Waals surface area contributed by atoms with Gasteiger partial charge in [0.15, 0.2) is 5.78 Å². The molecule has 0 atom stereocenters. The van der Waals surface area contributed by atoms with Gasteiger partial charge >= 0.3 is 0 Å². The van der Waals surface area contributed by atoms with Gasteiger partial charge in [0.05, 0.1) is 0 Å². The predicted octanol–water partition coefficient (Wildman–Crippen LogP) is 3.68. The quantitative estimate of drug-likeness (QED) is 0.671. The van der Waals surface area contributed by atoms with Crippen molar-refractivity contribution >= 4 is 17.1 Å². The molecule has 0 amide bonds. The molecule has 0 spiro atoms. The van der Waals surface area contributed by atoms with Crippen LogP contribution >= 0.6 is 11.3 Å². The fourth-order valence-corrected chi connectivity index (χ4v) is 1.86. The molecule has 1 nitrogen and oxygen atoms in total. The molecule has 72 valence electrons. The van der Waals surface area contributed by atoms with Crippen LogP contribution < -0.4 is 0 Å². The molecular weight excluding hydrogens is 180 g/mol. The van der Waals surface area contributed by atoms with Crippen LogP contribution in [0.2, 0.25) is 0 Å². The van der Waals surface area contributed by atoms with Gasteiger partial charge in [0, 0.05) is 22.2 Å². The van der Waals surface area contributed by atoms with E-state index in [4.69, 9.17) is 0 Å². The Balaban J connectivity index is 2.49. The second kappa shape index (κ2) is 4.56. The van der Waals surface area contributed by atoms with Gasteiger partial charge in [-0.3, -0.25) is 4.79 Å². The lowest BCUT2D eigenvalue weighted by Gasteiger charge is -2.01. The molecule has 0 aliphatic heterocycles. The minimum absolute atomic E-state index is 0.290. The summed E-state index contributed by atoms with van der Waals surface area (Å²) in [4.78, 5) is 12.8. The summed E-state index contributed by atoms with van der Waals surface area (Å²) in [6.07, 6.45) is 1.68. The molecule has 0 aliphatic carbocycles. The third kappa shape index (κ3) is 3.31. The van der Waals surface area contributed by atoms with Gasteiger partial charge in [-0.1, -0.05) is 13.8 Å². The van der Waals surface area contributed by atoms with Crippen LogP contribution in [0.3, 0.4) is 0 Å². The minimum Gasteiger partial charge on any atom is -0.294 e. The average molecular weight is 196 g/mol. The Morgan fingerprint density at radius 1 is 1.54 bits per heavy atom. The maximum atomic E-state index is 11.6. The smallest absolute Gasteiger partial charge is 0.163 e. The molecule has 13 heavy (non-hydrogen) atoms. The summed E-state index contributed by atoms with van der Waals surface area (Å²) in [7, 11) is 0. The Kier molecular flexibility index (Phi) is 3.67. The first-order chi connectivity index (χ1) is 6.09. The highest BCUT2D eigenvalue weighted by Crippen LogP contribution is 2.16. The number of Topliss-reactive ketones (excluding diaryl/α,β-unsaturated/α-hetero) is 1. The number of aryl methyl sites for hydroxylation is 1. The van der Waals surface area contributed by atoms with Gasteiger partial charge in [-0.2, -0.15) is 0 Å². The van der Waals surface area contributed by atoms with Crippen molar-refractivity contribution in [1.29, 1.82) is 0 Å². The van der Waals surface area contributed by atoms with Crippen LogP contribution in [0.1, 0.15) is 41.9 Å². The first kappa shape index (κ1) is 10.5. The zero-order valence-corrected chi connectivity index (χ0v) is 9.28. The third-order valence-corrected chi connectivity index (χ3v) is 2.86. The fourth-order valence-electron chi connectivity index (χ4n) is 1.15. The molecule has 0 saturated heterocycles. The molecule has 1 heterocycles. The summed E-state index contributed by atoms with van der Waals surface area (Å²) in [5, 5.41) is 1.96. The van der Waals surface area contributed by atoms with Crippen molar-refractivity contribution in [3.63, 3.8) is 0 Å². The van der Waals surface area contributed by atoms with Gasteiger partial charge in [0.2, 0.25) is 0 Å². The Labute approximate surface area is 83.8 Å². The molecule has 2 heteroatoms. The first-order valence-electron chi connectivity index (χ1n) is 4.68. The molecule has 0 aromatic carbocycles. The van der Waals surface area contributed by atoms with Crippen molar-refractivity contribution in [2.75, 3.05) is 0 Å². The molecule has 0 fully saturated rings. The van der Waals surface area contributed by atoms with E-state index in [1.165, 1.54) is 4.88 Å². The van der Waals surface area contributed by atoms with E-state index in [1.54, 1.807) is 11.3 Å². The molecule has 0 bridgehead atoms. The topological polar surface area (TPSA) is 17.1 Å². The van der Waals surface area contributed by atoms with Crippen LogP contribution in [0.15, 0.2) is 11.4 Å². The molecule has 0 radical (unpaired) electrons. The van der Waals surface area contributed by atoms with Crippen LogP contribution in [-0.4, -0.2) is 5.78 Å². The Bertz CT molecular complexity index is 286. The van der Waals surface area contributed by atoms with Crippen LogP contribution in [0.4, 0.5) is 0 Å². The Morgan fingerprint density at radius 3 is 2.69 bits per heavy atom. The van der Waals surface area contributed by atoms with E-state index in [2.05, 4.69) is 13.8 Å². The molecule has 1 aromatic rings. The number of ketones is 1. The average Bonchev–Trinajstić information content (AvgIpc) is 2.47. The number of carbonyl (C=O) groups is 1. The first-order valence-corrected chi connectivity index (χ1v) is 5.56. The van der Waals surface area contributed by atoms with Crippen molar-refractivity contribution in [2.45, 2.75) is 33.6 Å². The van der Waals surface area contributed by atoms with Gasteiger partial charge in [-0.05, 0) is 25.3 Å². The summed E-state index contributed by atoms with van der Waals surface area (Å²) >= 11 is 1.65. The largest absolute Gasteiger partial charge is 0.294 e. The van der Waals surface area contributed by atoms with Gasteiger partial charge in [0.25, 0.3) is 0 Å². The summed E-state index contributed by atoms with van der Waals surface area (Å²) in [5.41, 5.74) is 0.892. The molecule has 1 aromatic heterocycles. The SMILES string of the molecule is Cc1cc(C(=O)CCC(C)C)cs1. The fraction of sp³-hybridized carbons (Fsp3) is 0.545. The van der Waals surface area contributed by atoms with Gasteiger partial charge in [-0.25, -0.2) is 0 Å².